The molecule has 1 N–H and O–H groups in total. The molecule has 1 atom stereocenters. The zero-order valence-corrected chi connectivity index (χ0v) is 15.4. The predicted octanol–water partition coefficient (Wildman–Crippen LogP) is 1.08. The van der Waals surface area contributed by atoms with Gasteiger partial charge in [0.2, 0.25) is 5.91 Å². The van der Waals surface area contributed by atoms with Gasteiger partial charge in [0.25, 0.3) is 5.91 Å². The van der Waals surface area contributed by atoms with E-state index >= 15 is 0 Å². The minimum absolute atomic E-state index is 0. The Bertz CT molecular complexity index is 605. The van der Waals surface area contributed by atoms with Crippen molar-refractivity contribution in [2.75, 3.05) is 45.9 Å². The van der Waals surface area contributed by atoms with E-state index in [0.29, 0.717) is 31.9 Å². The Kier molecular flexibility index (Phi) is 7.23. The zero-order chi connectivity index (χ0) is 16.9. The molecule has 2 fully saturated rings. The molecule has 0 saturated carbocycles. The highest BCUT2D eigenvalue weighted by atomic mass is 35.5. The van der Waals surface area contributed by atoms with Gasteiger partial charge < -0.3 is 15.0 Å². The largest absolute Gasteiger partial charge is 0.379 e. The summed E-state index contributed by atoms with van der Waals surface area (Å²) in [7, 11) is 0. The summed E-state index contributed by atoms with van der Waals surface area (Å²) >= 11 is 0. The lowest BCUT2D eigenvalue weighted by Gasteiger charge is -2.31. The van der Waals surface area contributed by atoms with Crippen LogP contribution >= 0.6 is 12.4 Å². The number of rotatable bonds is 5. The molecule has 1 aromatic rings. The molecule has 1 unspecified atom stereocenters. The maximum atomic E-state index is 12.5. The minimum atomic E-state index is -0.0792. The number of carbonyl (C=O) groups excluding carboxylic acids is 2. The second kappa shape index (κ2) is 9.17. The van der Waals surface area contributed by atoms with Crippen molar-refractivity contribution in [3.63, 3.8) is 0 Å². The Hall–Kier alpha value is -1.63. The number of amides is 2. The van der Waals surface area contributed by atoms with Gasteiger partial charge in [0.1, 0.15) is 0 Å². The average molecular weight is 368 g/mol. The van der Waals surface area contributed by atoms with E-state index in [1.807, 2.05) is 36.1 Å². The Morgan fingerprint density at radius 1 is 1.24 bits per heavy atom. The number of hydrogen-bond donors (Lipinski definition) is 1. The molecule has 2 aliphatic rings. The molecule has 1 aromatic carbocycles. The fourth-order valence-electron chi connectivity index (χ4n) is 3.40. The van der Waals surface area contributed by atoms with Crippen molar-refractivity contribution in [2.45, 2.75) is 19.4 Å². The summed E-state index contributed by atoms with van der Waals surface area (Å²) < 4.78 is 5.35. The molecule has 2 aliphatic heterocycles. The van der Waals surface area contributed by atoms with E-state index in [9.17, 15) is 9.59 Å². The van der Waals surface area contributed by atoms with Gasteiger partial charge in [0.15, 0.2) is 0 Å². The number of morpholine rings is 1. The number of ether oxygens (including phenoxy) is 1. The van der Waals surface area contributed by atoms with Crippen LogP contribution in [0.3, 0.4) is 0 Å². The van der Waals surface area contributed by atoms with Crippen LogP contribution in [0.15, 0.2) is 24.3 Å². The molecule has 25 heavy (non-hydrogen) atoms. The van der Waals surface area contributed by atoms with Crippen LogP contribution < -0.4 is 5.32 Å². The standard InChI is InChI=1S/C18H25N3O3.ClH/c1-14-4-2-3-5-15(14)17(22)19-7-9-21-8-6-16(18(21)23)20-10-12-24-13-11-20;/h2-5,16H,6-13H2,1H3,(H,19,22);1H. The van der Waals surface area contributed by atoms with E-state index in [-0.39, 0.29) is 30.3 Å². The van der Waals surface area contributed by atoms with Gasteiger partial charge in [-0.2, -0.15) is 0 Å². The molecule has 0 bridgehead atoms. The monoisotopic (exact) mass is 367 g/mol. The summed E-state index contributed by atoms with van der Waals surface area (Å²) in [5.41, 5.74) is 1.65. The Morgan fingerprint density at radius 2 is 1.96 bits per heavy atom. The van der Waals surface area contributed by atoms with E-state index in [1.165, 1.54) is 0 Å². The van der Waals surface area contributed by atoms with Gasteiger partial charge in [-0.15, -0.1) is 12.4 Å². The van der Waals surface area contributed by atoms with Gasteiger partial charge in [0.05, 0.1) is 19.3 Å². The molecule has 7 heteroatoms. The molecule has 0 radical (unpaired) electrons. The van der Waals surface area contributed by atoms with Crippen molar-refractivity contribution in [2.24, 2.45) is 0 Å². The van der Waals surface area contributed by atoms with Gasteiger partial charge in [-0.3, -0.25) is 14.5 Å². The van der Waals surface area contributed by atoms with Crippen molar-refractivity contribution in [3.8, 4) is 0 Å². The summed E-state index contributed by atoms with van der Waals surface area (Å²) in [6.45, 7) is 6.80. The van der Waals surface area contributed by atoms with E-state index in [1.54, 1.807) is 0 Å². The molecule has 138 valence electrons. The smallest absolute Gasteiger partial charge is 0.251 e. The fourth-order valence-corrected chi connectivity index (χ4v) is 3.40. The molecular formula is C18H26ClN3O3. The number of halogens is 1. The highest BCUT2D eigenvalue weighted by Gasteiger charge is 2.36. The van der Waals surface area contributed by atoms with Crippen LogP contribution in [0.2, 0.25) is 0 Å². The van der Waals surface area contributed by atoms with Crippen molar-refractivity contribution in [1.82, 2.24) is 15.1 Å². The molecule has 2 heterocycles. The number of likely N-dealkylation sites (tertiary alicyclic amines) is 1. The highest BCUT2D eigenvalue weighted by molar-refractivity contribution is 5.95. The zero-order valence-electron chi connectivity index (χ0n) is 14.6. The lowest BCUT2D eigenvalue weighted by atomic mass is 10.1. The quantitative estimate of drug-likeness (QED) is 0.846. The topological polar surface area (TPSA) is 61.9 Å². The van der Waals surface area contributed by atoms with E-state index in [0.717, 1.165) is 31.6 Å². The summed E-state index contributed by atoms with van der Waals surface area (Å²) in [6, 6.07) is 7.51. The molecule has 6 nitrogen and oxygen atoms in total. The Labute approximate surface area is 154 Å². The SMILES string of the molecule is Cc1ccccc1C(=O)NCCN1CCC(N2CCOCC2)C1=O.Cl. The molecule has 0 aromatic heterocycles. The number of benzene rings is 1. The van der Waals surface area contributed by atoms with Crippen LogP contribution in [-0.2, 0) is 9.53 Å². The summed E-state index contributed by atoms with van der Waals surface area (Å²) in [5, 5.41) is 2.92. The van der Waals surface area contributed by atoms with Crippen molar-refractivity contribution < 1.29 is 14.3 Å². The molecular weight excluding hydrogens is 342 g/mol. The van der Waals surface area contributed by atoms with Crippen LogP contribution in [0.4, 0.5) is 0 Å². The van der Waals surface area contributed by atoms with Crippen molar-refractivity contribution in [3.05, 3.63) is 35.4 Å². The van der Waals surface area contributed by atoms with Gasteiger partial charge in [0, 0.05) is 38.3 Å². The molecule has 2 saturated heterocycles. The fraction of sp³-hybridized carbons (Fsp3) is 0.556. The van der Waals surface area contributed by atoms with Crippen LogP contribution in [-0.4, -0.2) is 73.6 Å². The first-order valence-corrected chi connectivity index (χ1v) is 8.61. The van der Waals surface area contributed by atoms with Crippen LogP contribution in [0.25, 0.3) is 0 Å². The Morgan fingerprint density at radius 3 is 2.68 bits per heavy atom. The first kappa shape index (κ1) is 19.7. The lowest BCUT2D eigenvalue weighted by Crippen LogP contribution is -2.48. The summed E-state index contributed by atoms with van der Waals surface area (Å²) in [5.74, 6) is 0.103. The minimum Gasteiger partial charge on any atom is -0.379 e. The van der Waals surface area contributed by atoms with E-state index < -0.39 is 0 Å². The normalized spacial score (nSPS) is 21.1. The van der Waals surface area contributed by atoms with E-state index in [2.05, 4.69) is 10.2 Å². The molecule has 2 amide bonds. The number of aryl methyl sites for hydroxylation is 1. The van der Waals surface area contributed by atoms with Crippen molar-refractivity contribution in [1.29, 1.82) is 0 Å². The van der Waals surface area contributed by atoms with E-state index in [4.69, 9.17) is 4.74 Å². The molecule has 0 aliphatic carbocycles. The number of carbonyl (C=O) groups is 2. The molecule has 3 rings (SSSR count). The highest BCUT2D eigenvalue weighted by Crippen LogP contribution is 2.18. The van der Waals surface area contributed by atoms with Gasteiger partial charge in [-0.1, -0.05) is 18.2 Å². The number of nitrogens with zero attached hydrogens (tertiary/aromatic N) is 2. The third-order valence-electron chi connectivity index (χ3n) is 4.81. The number of hydrogen-bond acceptors (Lipinski definition) is 4. The molecule has 0 spiro atoms. The second-order valence-corrected chi connectivity index (χ2v) is 6.35. The van der Waals surface area contributed by atoms with Crippen LogP contribution in [0.1, 0.15) is 22.3 Å². The van der Waals surface area contributed by atoms with Crippen LogP contribution in [0, 0.1) is 6.92 Å². The summed E-state index contributed by atoms with van der Waals surface area (Å²) in [6.07, 6.45) is 0.866. The maximum Gasteiger partial charge on any atom is 0.251 e. The average Bonchev–Trinajstić information content (AvgIpc) is 2.97. The third-order valence-corrected chi connectivity index (χ3v) is 4.81. The third kappa shape index (κ3) is 4.71. The predicted molar refractivity (Wildman–Crippen MR) is 98.1 cm³/mol. The number of nitrogens with one attached hydrogen (secondary N) is 1. The van der Waals surface area contributed by atoms with Crippen LogP contribution in [0.5, 0.6) is 0 Å². The van der Waals surface area contributed by atoms with Gasteiger partial charge in [-0.25, -0.2) is 0 Å². The first-order chi connectivity index (χ1) is 11.7. The maximum absolute atomic E-state index is 12.5. The van der Waals surface area contributed by atoms with Gasteiger partial charge >= 0.3 is 0 Å². The van der Waals surface area contributed by atoms with Crippen molar-refractivity contribution >= 4 is 24.2 Å². The Balaban J connectivity index is 0.00000225. The summed E-state index contributed by atoms with van der Waals surface area (Å²) in [4.78, 5) is 28.8. The van der Waals surface area contributed by atoms with Gasteiger partial charge in [-0.05, 0) is 25.0 Å². The first-order valence-electron chi connectivity index (χ1n) is 8.61. The second-order valence-electron chi connectivity index (χ2n) is 6.35. The lowest BCUT2D eigenvalue weighted by molar-refractivity contribution is -0.133.